The van der Waals surface area contributed by atoms with E-state index in [1.54, 1.807) is 32.9 Å². The standard InChI is InChI=1S/C26H36N2O8/c1-14(2)12-18(22(31)32)27-20(29)16-8-6-15(7-9-16)13-19(23(33)34)28-21(30)17-10-11-26(5,24(35)36)25(17,3)4/h6-9,14,17-19H,10-13H2,1-5H3,(H,27,29)(H,28,30)(H,31,32)(H,33,34)(H,35,36). The van der Waals surface area contributed by atoms with Crippen molar-refractivity contribution in [3.05, 3.63) is 35.4 Å². The highest BCUT2D eigenvalue weighted by Crippen LogP contribution is 2.56. The van der Waals surface area contributed by atoms with Crippen LogP contribution in [0.2, 0.25) is 0 Å². The molecule has 4 unspecified atom stereocenters. The SMILES string of the molecule is CC(C)CC(NC(=O)c1ccc(CC(NC(=O)C2CCC(C)(C(=O)O)C2(C)C)C(=O)O)cc1)C(=O)O. The zero-order chi connectivity index (χ0) is 27.4. The van der Waals surface area contributed by atoms with Crippen molar-refractivity contribution in [3.63, 3.8) is 0 Å². The monoisotopic (exact) mass is 504 g/mol. The van der Waals surface area contributed by atoms with Gasteiger partial charge in [-0.1, -0.05) is 39.8 Å². The molecule has 1 aromatic rings. The van der Waals surface area contributed by atoms with Crippen LogP contribution in [0.25, 0.3) is 0 Å². The predicted octanol–water partition coefficient (Wildman–Crippen LogP) is 2.55. The summed E-state index contributed by atoms with van der Waals surface area (Å²) in [6.45, 7) is 8.75. The Bertz CT molecular complexity index is 1020. The normalized spacial score (nSPS) is 22.4. The molecule has 36 heavy (non-hydrogen) atoms. The van der Waals surface area contributed by atoms with Crippen molar-refractivity contribution in [2.24, 2.45) is 22.7 Å². The van der Waals surface area contributed by atoms with Gasteiger partial charge in [-0.2, -0.15) is 0 Å². The van der Waals surface area contributed by atoms with Gasteiger partial charge in [0.1, 0.15) is 12.1 Å². The fraction of sp³-hybridized carbons (Fsp3) is 0.577. The minimum atomic E-state index is -1.24. The molecule has 0 heterocycles. The van der Waals surface area contributed by atoms with Gasteiger partial charge in [-0.25, -0.2) is 9.59 Å². The van der Waals surface area contributed by atoms with Gasteiger partial charge in [0.15, 0.2) is 0 Å². The maximum absolute atomic E-state index is 13.0. The van der Waals surface area contributed by atoms with E-state index in [1.807, 2.05) is 13.8 Å². The molecule has 4 atom stereocenters. The maximum atomic E-state index is 13.0. The highest BCUT2D eigenvalue weighted by molar-refractivity contribution is 5.96. The van der Waals surface area contributed by atoms with Gasteiger partial charge in [0.25, 0.3) is 5.91 Å². The van der Waals surface area contributed by atoms with Crippen molar-refractivity contribution in [1.82, 2.24) is 10.6 Å². The number of carbonyl (C=O) groups is 5. The number of hydrogen-bond acceptors (Lipinski definition) is 5. The van der Waals surface area contributed by atoms with Crippen LogP contribution in [0.4, 0.5) is 0 Å². The van der Waals surface area contributed by atoms with Crippen molar-refractivity contribution in [3.8, 4) is 0 Å². The first kappa shape index (κ1) is 28.8. The molecule has 1 fully saturated rings. The van der Waals surface area contributed by atoms with Crippen LogP contribution in [-0.4, -0.2) is 57.1 Å². The zero-order valence-corrected chi connectivity index (χ0v) is 21.3. The van der Waals surface area contributed by atoms with Crippen LogP contribution in [0.5, 0.6) is 0 Å². The second-order valence-electron chi connectivity index (χ2n) is 10.7. The highest BCUT2D eigenvalue weighted by atomic mass is 16.4. The van der Waals surface area contributed by atoms with Gasteiger partial charge in [0.05, 0.1) is 5.41 Å². The Labute approximate surface area is 210 Å². The molecule has 0 radical (unpaired) electrons. The summed E-state index contributed by atoms with van der Waals surface area (Å²) in [6.07, 6.45) is 0.889. The Balaban J connectivity index is 2.08. The Hall–Kier alpha value is -3.43. The van der Waals surface area contributed by atoms with E-state index in [4.69, 9.17) is 0 Å². The summed E-state index contributed by atoms with van der Waals surface area (Å²) in [4.78, 5) is 60.5. The topological polar surface area (TPSA) is 170 Å². The predicted molar refractivity (Wildman–Crippen MR) is 130 cm³/mol. The molecule has 198 valence electrons. The molecule has 1 saturated carbocycles. The van der Waals surface area contributed by atoms with Gasteiger partial charge in [-0.15, -0.1) is 0 Å². The molecule has 0 bridgehead atoms. The van der Waals surface area contributed by atoms with E-state index >= 15 is 0 Å². The van der Waals surface area contributed by atoms with Gasteiger partial charge in [-0.3, -0.25) is 14.4 Å². The number of nitrogens with one attached hydrogen (secondary N) is 2. The maximum Gasteiger partial charge on any atom is 0.326 e. The quantitative estimate of drug-likeness (QED) is 0.306. The first-order valence-electron chi connectivity index (χ1n) is 12.0. The average molecular weight is 505 g/mol. The Kier molecular flexibility index (Phi) is 8.88. The van der Waals surface area contributed by atoms with Crippen LogP contribution >= 0.6 is 0 Å². The van der Waals surface area contributed by atoms with E-state index in [-0.39, 0.29) is 24.3 Å². The summed E-state index contributed by atoms with van der Waals surface area (Å²) in [5, 5.41) is 33.7. The zero-order valence-electron chi connectivity index (χ0n) is 21.3. The van der Waals surface area contributed by atoms with E-state index in [0.717, 1.165) is 0 Å². The summed E-state index contributed by atoms with van der Waals surface area (Å²) < 4.78 is 0. The molecule has 10 nitrogen and oxygen atoms in total. The number of rotatable bonds is 11. The summed E-state index contributed by atoms with van der Waals surface area (Å²) in [5.74, 6) is -4.98. The fourth-order valence-electron chi connectivity index (χ4n) is 4.78. The minimum Gasteiger partial charge on any atom is -0.481 e. The van der Waals surface area contributed by atoms with E-state index < -0.39 is 58.6 Å². The van der Waals surface area contributed by atoms with Crippen LogP contribution in [0.1, 0.15) is 69.8 Å². The number of aliphatic carboxylic acids is 3. The lowest BCUT2D eigenvalue weighted by molar-refractivity contribution is -0.155. The van der Waals surface area contributed by atoms with Crippen LogP contribution < -0.4 is 10.6 Å². The molecular weight excluding hydrogens is 468 g/mol. The molecule has 1 aromatic carbocycles. The summed E-state index contributed by atoms with van der Waals surface area (Å²) in [5.41, 5.74) is -1.19. The summed E-state index contributed by atoms with van der Waals surface area (Å²) >= 11 is 0. The Morgan fingerprint density at radius 2 is 1.47 bits per heavy atom. The van der Waals surface area contributed by atoms with Crippen molar-refractivity contribution < 1.29 is 39.3 Å². The van der Waals surface area contributed by atoms with E-state index in [2.05, 4.69) is 10.6 Å². The van der Waals surface area contributed by atoms with E-state index in [0.29, 0.717) is 18.4 Å². The molecule has 5 N–H and O–H groups in total. The highest BCUT2D eigenvalue weighted by Gasteiger charge is 2.58. The van der Waals surface area contributed by atoms with Gasteiger partial charge >= 0.3 is 17.9 Å². The van der Waals surface area contributed by atoms with Crippen LogP contribution in [0, 0.1) is 22.7 Å². The van der Waals surface area contributed by atoms with Crippen molar-refractivity contribution in [2.45, 2.75) is 72.4 Å². The van der Waals surface area contributed by atoms with E-state index in [9.17, 15) is 39.3 Å². The number of carboxylic acid groups (broad SMARTS) is 3. The average Bonchev–Trinajstić information content (AvgIpc) is 3.02. The first-order valence-corrected chi connectivity index (χ1v) is 12.0. The first-order chi connectivity index (χ1) is 16.6. The molecule has 2 rings (SSSR count). The largest absolute Gasteiger partial charge is 0.481 e. The van der Waals surface area contributed by atoms with Crippen molar-refractivity contribution >= 4 is 29.7 Å². The molecular formula is C26H36N2O8. The minimum absolute atomic E-state index is 0.0442. The number of carbonyl (C=O) groups excluding carboxylic acids is 2. The fourth-order valence-corrected chi connectivity index (χ4v) is 4.78. The molecule has 10 heteroatoms. The second-order valence-corrected chi connectivity index (χ2v) is 10.7. The van der Waals surface area contributed by atoms with Gasteiger partial charge in [-0.05, 0) is 55.2 Å². The Morgan fingerprint density at radius 3 is 1.92 bits per heavy atom. The van der Waals surface area contributed by atoms with E-state index in [1.165, 1.54) is 12.1 Å². The second kappa shape index (κ2) is 11.1. The number of benzene rings is 1. The third kappa shape index (κ3) is 6.22. The van der Waals surface area contributed by atoms with Crippen LogP contribution in [0.15, 0.2) is 24.3 Å². The lowest BCUT2D eigenvalue weighted by atomic mass is 9.65. The molecule has 1 aliphatic carbocycles. The summed E-state index contributed by atoms with van der Waals surface area (Å²) in [6, 6.07) is 3.78. The lowest BCUT2D eigenvalue weighted by Gasteiger charge is -2.38. The van der Waals surface area contributed by atoms with Gasteiger partial charge in [0, 0.05) is 17.9 Å². The smallest absolute Gasteiger partial charge is 0.326 e. The van der Waals surface area contributed by atoms with Gasteiger partial charge in [0.2, 0.25) is 5.91 Å². The molecule has 0 spiro atoms. The van der Waals surface area contributed by atoms with Crippen LogP contribution in [0.3, 0.4) is 0 Å². The van der Waals surface area contributed by atoms with Crippen LogP contribution in [-0.2, 0) is 25.6 Å². The molecule has 2 amide bonds. The molecule has 0 saturated heterocycles. The number of carboxylic acids is 3. The summed E-state index contributed by atoms with van der Waals surface area (Å²) in [7, 11) is 0. The number of hydrogen-bond donors (Lipinski definition) is 5. The molecule has 0 aliphatic heterocycles. The third-order valence-corrected chi connectivity index (χ3v) is 7.60. The van der Waals surface area contributed by atoms with Crippen molar-refractivity contribution in [2.75, 3.05) is 0 Å². The molecule has 1 aliphatic rings. The third-order valence-electron chi connectivity index (χ3n) is 7.60. The van der Waals surface area contributed by atoms with Crippen molar-refractivity contribution in [1.29, 1.82) is 0 Å². The number of amides is 2. The lowest BCUT2D eigenvalue weighted by Crippen LogP contribution is -2.49. The Morgan fingerprint density at radius 1 is 0.917 bits per heavy atom. The van der Waals surface area contributed by atoms with Gasteiger partial charge < -0.3 is 26.0 Å². The molecule has 0 aromatic heterocycles.